The quantitative estimate of drug-likeness (QED) is 0.618. The van der Waals surface area contributed by atoms with E-state index in [1.54, 1.807) is 6.92 Å². The highest BCUT2D eigenvalue weighted by Crippen LogP contribution is 2.22. The first kappa shape index (κ1) is 10.1. The highest BCUT2D eigenvalue weighted by Gasteiger charge is 2.32. The third-order valence-electron chi connectivity index (χ3n) is 1.03. The van der Waals surface area contributed by atoms with E-state index in [-0.39, 0.29) is 0 Å². The van der Waals surface area contributed by atoms with Crippen LogP contribution in [0.25, 0.3) is 0 Å². The molecule has 0 aromatic rings. The molecule has 1 N–H and O–H groups in total. The van der Waals surface area contributed by atoms with Gasteiger partial charge in [-0.3, -0.25) is 0 Å². The SMILES string of the molecule is C/C=C\C=C(/NC)C(F)(F)F. The van der Waals surface area contributed by atoms with Gasteiger partial charge in [0.15, 0.2) is 0 Å². The van der Waals surface area contributed by atoms with Gasteiger partial charge in [-0.15, -0.1) is 0 Å². The first-order valence-electron chi connectivity index (χ1n) is 3.10. The Morgan fingerprint density at radius 2 is 1.91 bits per heavy atom. The summed E-state index contributed by atoms with van der Waals surface area (Å²) >= 11 is 0. The Morgan fingerprint density at radius 1 is 1.36 bits per heavy atom. The van der Waals surface area contributed by atoms with Crippen LogP contribution in [0.4, 0.5) is 13.2 Å². The summed E-state index contributed by atoms with van der Waals surface area (Å²) in [6.45, 7) is 1.65. The smallest absolute Gasteiger partial charge is 0.384 e. The molecular formula is C7H10F3N. The third kappa shape index (κ3) is 3.70. The molecule has 0 radical (unpaired) electrons. The summed E-state index contributed by atoms with van der Waals surface area (Å²) in [4.78, 5) is 0. The molecule has 1 nitrogen and oxygen atoms in total. The van der Waals surface area contributed by atoms with Gasteiger partial charge in [-0.25, -0.2) is 0 Å². The Labute approximate surface area is 63.6 Å². The summed E-state index contributed by atoms with van der Waals surface area (Å²) in [5.74, 6) is 0. The van der Waals surface area contributed by atoms with Gasteiger partial charge in [0.2, 0.25) is 0 Å². The standard InChI is InChI=1S/C7H10F3N/c1-3-4-5-6(11-2)7(8,9)10/h3-5,11H,1-2H3/b4-3-,6-5-. The minimum absolute atomic E-state index is 0.740. The summed E-state index contributed by atoms with van der Waals surface area (Å²) in [6.07, 6.45) is -0.434. The molecule has 0 saturated heterocycles. The van der Waals surface area contributed by atoms with Crippen molar-refractivity contribution in [2.45, 2.75) is 13.1 Å². The summed E-state index contributed by atoms with van der Waals surface area (Å²) in [6, 6.07) is 0. The second kappa shape index (κ2) is 4.05. The van der Waals surface area contributed by atoms with E-state index in [1.807, 2.05) is 0 Å². The molecule has 0 rings (SSSR count). The Kier molecular flexibility index (Phi) is 3.71. The van der Waals surface area contributed by atoms with Crippen LogP contribution in [0.5, 0.6) is 0 Å². The van der Waals surface area contributed by atoms with Gasteiger partial charge < -0.3 is 5.32 Å². The molecule has 4 heteroatoms. The number of allylic oxidation sites excluding steroid dienone is 4. The van der Waals surface area contributed by atoms with E-state index >= 15 is 0 Å². The van der Waals surface area contributed by atoms with Gasteiger partial charge in [-0.05, 0) is 13.0 Å². The molecule has 64 valence electrons. The predicted octanol–water partition coefficient (Wildman–Crippen LogP) is 2.23. The number of nitrogens with one attached hydrogen (secondary N) is 1. The number of hydrogen-bond acceptors (Lipinski definition) is 1. The fourth-order valence-electron chi connectivity index (χ4n) is 0.512. The van der Waals surface area contributed by atoms with Crippen molar-refractivity contribution >= 4 is 0 Å². The van der Waals surface area contributed by atoms with Crippen LogP contribution in [0.2, 0.25) is 0 Å². The minimum Gasteiger partial charge on any atom is -0.384 e. The van der Waals surface area contributed by atoms with Crippen LogP contribution in [0.15, 0.2) is 23.9 Å². The highest BCUT2D eigenvalue weighted by atomic mass is 19.4. The Balaban J connectivity index is 4.40. The first-order chi connectivity index (χ1) is 5.02. The molecule has 0 aromatic heterocycles. The predicted molar refractivity (Wildman–Crippen MR) is 38.0 cm³/mol. The maximum Gasteiger partial charge on any atom is 0.430 e. The van der Waals surface area contributed by atoms with Crippen LogP contribution in [0.3, 0.4) is 0 Å². The average Bonchev–Trinajstić information content (AvgIpc) is 1.87. The van der Waals surface area contributed by atoms with Gasteiger partial charge in [0.1, 0.15) is 5.70 Å². The number of rotatable bonds is 2. The number of alkyl halides is 3. The minimum atomic E-state index is -4.28. The Morgan fingerprint density at radius 3 is 2.18 bits per heavy atom. The van der Waals surface area contributed by atoms with E-state index in [0.717, 1.165) is 6.08 Å². The Bertz CT molecular complexity index is 167. The van der Waals surface area contributed by atoms with Crippen LogP contribution in [0.1, 0.15) is 6.92 Å². The molecular weight excluding hydrogens is 155 g/mol. The molecule has 11 heavy (non-hydrogen) atoms. The third-order valence-corrected chi connectivity index (χ3v) is 1.03. The number of hydrogen-bond donors (Lipinski definition) is 1. The fourth-order valence-corrected chi connectivity index (χ4v) is 0.512. The van der Waals surface area contributed by atoms with Crippen LogP contribution in [-0.4, -0.2) is 13.2 Å². The lowest BCUT2D eigenvalue weighted by Gasteiger charge is -2.09. The van der Waals surface area contributed by atoms with Crippen molar-refractivity contribution in [3.8, 4) is 0 Å². The van der Waals surface area contributed by atoms with Crippen molar-refractivity contribution < 1.29 is 13.2 Å². The van der Waals surface area contributed by atoms with Crippen LogP contribution in [-0.2, 0) is 0 Å². The largest absolute Gasteiger partial charge is 0.430 e. The summed E-state index contributed by atoms with van der Waals surface area (Å²) in [5, 5.41) is 2.06. The lowest BCUT2D eigenvalue weighted by atomic mass is 10.3. The van der Waals surface area contributed by atoms with E-state index in [9.17, 15) is 13.2 Å². The second-order valence-electron chi connectivity index (χ2n) is 1.85. The van der Waals surface area contributed by atoms with E-state index in [4.69, 9.17) is 0 Å². The van der Waals surface area contributed by atoms with E-state index in [2.05, 4.69) is 5.32 Å². The van der Waals surface area contributed by atoms with Crippen molar-refractivity contribution in [3.05, 3.63) is 23.9 Å². The number of halogens is 3. The zero-order valence-electron chi connectivity index (χ0n) is 6.37. The molecule has 0 unspecified atom stereocenters. The van der Waals surface area contributed by atoms with Crippen LogP contribution in [0, 0.1) is 0 Å². The zero-order valence-corrected chi connectivity index (χ0v) is 6.37. The van der Waals surface area contributed by atoms with Gasteiger partial charge >= 0.3 is 6.18 Å². The summed E-state index contributed by atoms with van der Waals surface area (Å²) in [5.41, 5.74) is -0.740. The lowest BCUT2D eigenvalue weighted by Crippen LogP contribution is -2.22. The van der Waals surface area contributed by atoms with Gasteiger partial charge in [0.05, 0.1) is 0 Å². The molecule has 0 spiro atoms. The molecule has 0 aliphatic heterocycles. The summed E-state index contributed by atoms with van der Waals surface area (Å²) in [7, 11) is 1.24. The lowest BCUT2D eigenvalue weighted by molar-refractivity contribution is -0.0959. The van der Waals surface area contributed by atoms with Crippen molar-refractivity contribution in [1.82, 2.24) is 5.32 Å². The normalized spacial score (nSPS) is 14.1. The molecule has 0 heterocycles. The van der Waals surface area contributed by atoms with Gasteiger partial charge in [-0.1, -0.05) is 12.2 Å². The maximum atomic E-state index is 11.9. The second-order valence-corrected chi connectivity index (χ2v) is 1.85. The summed E-state index contributed by atoms with van der Waals surface area (Å²) < 4.78 is 35.6. The maximum absolute atomic E-state index is 11.9. The van der Waals surface area contributed by atoms with Crippen LogP contribution >= 0.6 is 0 Å². The molecule has 0 amide bonds. The van der Waals surface area contributed by atoms with E-state index in [0.29, 0.717) is 0 Å². The highest BCUT2D eigenvalue weighted by molar-refractivity contribution is 5.14. The topological polar surface area (TPSA) is 12.0 Å². The molecule has 0 atom stereocenters. The van der Waals surface area contributed by atoms with Crippen molar-refractivity contribution in [2.24, 2.45) is 0 Å². The first-order valence-corrected chi connectivity index (χ1v) is 3.10. The monoisotopic (exact) mass is 165 g/mol. The molecule has 0 bridgehead atoms. The van der Waals surface area contributed by atoms with Gasteiger partial charge in [0.25, 0.3) is 0 Å². The molecule has 0 fully saturated rings. The molecule has 0 aliphatic rings. The molecule has 0 aromatic carbocycles. The van der Waals surface area contributed by atoms with Crippen molar-refractivity contribution in [3.63, 3.8) is 0 Å². The van der Waals surface area contributed by atoms with Crippen molar-refractivity contribution in [1.29, 1.82) is 0 Å². The van der Waals surface area contributed by atoms with Crippen LogP contribution < -0.4 is 5.32 Å². The molecule has 0 saturated carbocycles. The van der Waals surface area contributed by atoms with Gasteiger partial charge in [0, 0.05) is 7.05 Å². The molecule has 0 aliphatic carbocycles. The van der Waals surface area contributed by atoms with E-state index < -0.39 is 11.9 Å². The Hall–Kier alpha value is -0.930. The van der Waals surface area contributed by atoms with E-state index in [1.165, 1.54) is 19.2 Å². The van der Waals surface area contributed by atoms with Crippen molar-refractivity contribution in [2.75, 3.05) is 7.05 Å². The van der Waals surface area contributed by atoms with Gasteiger partial charge in [-0.2, -0.15) is 13.2 Å². The fraction of sp³-hybridized carbons (Fsp3) is 0.429. The zero-order chi connectivity index (χ0) is 8.91. The average molecular weight is 165 g/mol.